The van der Waals surface area contributed by atoms with E-state index < -0.39 is 0 Å². The van der Waals surface area contributed by atoms with Crippen LogP contribution in [0.5, 0.6) is 0 Å². The number of carbonyl (C=O) groups is 1. The predicted octanol–water partition coefficient (Wildman–Crippen LogP) is 4.84. The molecule has 0 aliphatic heterocycles. The van der Waals surface area contributed by atoms with Gasteiger partial charge in [-0.05, 0) is 42.4 Å². The fourth-order valence-electron chi connectivity index (χ4n) is 4.73. The molecule has 0 saturated heterocycles. The van der Waals surface area contributed by atoms with Crippen LogP contribution >= 0.6 is 0 Å². The van der Waals surface area contributed by atoms with Crippen molar-refractivity contribution in [3.05, 3.63) is 0 Å². The maximum atomic E-state index is 12.4. The molecule has 4 unspecified atom stereocenters. The molecule has 1 nitrogen and oxygen atoms in total. The summed E-state index contributed by atoms with van der Waals surface area (Å²) in [6.45, 7) is 11.4. The van der Waals surface area contributed by atoms with Crippen LogP contribution in [0.1, 0.15) is 73.1 Å². The molecule has 2 aliphatic carbocycles. The zero-order chi connectivity index (χ0) is 13.6. The van der Waals surface area contributed by atoms with E-state index in [-0.39, 0.29) is 5.41 Å². The quantitative estimate of drug-likeness (QED) is 0.685. The molecule has 0 heterocycles. The third-order valence-electron chi connectivity index (χ3n) is 6.31. The van der Waals surface area contributed by atoms with Crippen molar-refractivity contribution in [2.24, 2.45) is 28.6 Å². The highest BCUT2D eigenvalue weighted by molar-refractivity contribution is 5.84. The summed E-state index contributed by atoms with van der Waals surface area (Å²) in [6, 6.07) is 0. The zero-order valence-electron chi connectivity index (χ0n) is 12.9. The van der Waals surface area contributed by atoms with Gasteiger partial charge in [-0.15, -0.1) is 0 Å². The van der Waals surface area contributed by atoms with Crippen molar-refractivity contribution < 1.29 is 4.79 Å². The first-order valence-electron chi connectivity index (χ1n) is 7.84. The van der Waals surface area contributed by atoms with Gasteiger partial charge >= 0.3 is 0 Å². The van der Waals surface area contributed by atoms with Crippen molar-refractivity contribution in [3.63, 3.8) is 0 Å². The molecule has 2 saturated carbocycles. The first-order chi connectivity index (χ1) is 8.31. The van der Waals surface area contributed by atoms with Gasteiger partial charge in [0, 0.05) is 11.8 Å². The number of fused-ring (bicyclic) bond motifs is 1. The first-order valence-corrected chi connectivity index (χ1v) is 7.84. The molecule has 18 heavy (non-hydrogen) atoms. The Balaban J connectivity index is 2.25. The number of carbonyl (C=O) groups excluding carboxylic acids is 1. The summed E-state index contributed by atoms with van der Waals surface area (Å²) in [6.07, 6.45) is 7.25. The number of hydrogen-bond donors (Lipinski definition) is 0. The largest absolute Gasteiger partial charge is 0.299 e. The minimum atomic E-state index is -0.0511. The van der Waals surface area contributed by atoms with E-state index in [0.717, 1.165) is 18.3 Å². The molecule has 0 spiro atoms. The van der Waals surface area contributed by atoms with Gasteiger partial charge in [0.05, 0.1) is 0 Å². The molecule has 2 aliphatic rings. The van der Waals surface area contributed by atoms with Crippen LogP contribution in [-0.2, 0) is 4.79 Å². The van der Waals surface area contributed by atoms with Gasteiger partial charge in [0.2, 0.25) is 0 Å². The fraction of sp³-hybridized carbons (Fsp3) is 0.941. The monoisotopic (exact) mass is 250 g/mol. The summed E-state index contributed by atoms with van der Waals surface area (Å²) in [5.41, 5.74) is 0.392. The van der Waals surface area contributed by atoms with Crippen LogP contribution in [0.25, 0.3) is 0 Å². The van der Waals surface area contributed by atoms with Gasteiger partial charge in [0.1, 0.15) is 5.78 Å². The Morgan fingerprint density at radius 1 is 1.28 bits per heavy atom. The molecule has 104 valence electrons. The van der Waals surface area contributed by atoms with Gasteiger partial charge < -0.3 is 0 Å². The van der Waals surface area contributed by atoms with Crippen LogP contribution in [0.4, 0.5) is 0 Å². The molecule has 1 heteroatoms. The number of ketones is 1. The summed E-state index contributed by atoms with van der Waals surface area (Å²) in [4.78, 5) is 12.4. The Labute approximate surface area is 113 Å². The molecule has 2 rings (SSSR count). The van der Waals surface area contributed by atoms with Crippen LogP contribution in [-0.4, -0.2) is 5.78 Å². The molecule has 0 aromatic rings. The third-order valence-corrected chi connectivity index (χ3v) is 6.31. The van der Waals surface area contributed by atoms with Crippen molar-refractivity contribution >= 4 is 5.78 Å². The highest BCUT2D eigenvalue weighted by Crippen LogP contribution is 2.57. The van der Waals surface area contributed by atoms with Crippen molar-refractivity contribution in [1.29, 1.82) is 0 Å². The minimum absolute atomic E-state index is 0.0511. The average molecular weight is 250 g/mol. The van der Waals surface area contributed by atoms with Crippen molar-refractivity contribution in [2.75, 3.05) is 0 Å². The molecule has 0 radical (unpaired) electrons. The fourth-order valence-corrected chi connectivity index (χ4v) is 4.73. The van der Waals surface area contributed by atoms with Crippen LogP contribution < -0.4 is 0 Å². The van der Waals surface area contributed by atoms with Crippen LogP contribution in [0.15, 0.2) is 0 Å². The summed E-state index contributed by atoms with van der Waals surface area (Å²) in [5.74, 6) is 2.71. The maximum Gasteiger partial charge on any atom is 0.138 e. The van der Waals surface area contributed by atoms with E-state index in [9.17, 15) is 4.79 Å². The molecule has 0 bridgehead atoms. The molecule has 0 N–H and O–H groups in total. The number of Topliss-reactive ketones (excluding diaryl/α,β-unsaturated/α-hetero) is 1. The van der Waals surface area contributed by atoms with Crippen molar-refractivity contribution in [1.82, 2.24) is 0 Å². The molecule has 0 aromatic heterocycles. The lowest BCUT2D eigenvalue weighted by Gasteiger charge is -2.54. The lowest BCUT2D eigenvalue weighted by atomic mass is 9.50. The van der Waals surface area contributed by atoms with Gasteiger partial charge in [-0.3, -0.25) is 4.79 Å². The SMILES string of the molecule is CCC(=O)C1(C)CC2C(CCCC2(C)C)CC1C. The van der Waals surface area contributed by atoms with Gasteiger partial charge in [-0.2, -0.15) is 0 Å². The maximum absolute atomic E-state index is 12.4. The summed E-state index contributed by atoms with van der Waals surface area (Å²) in [7, 11) is 0. The number of hydrogen-bond acceptors (Lipinski definition) is 1. The van der Waals surface area contributed by atoms with Crippen LogP contribution in [0, 0.1) is 28.6 Å². The molecule has 0 amide bonds. The molecular weight excluding hydrogens is 220 g/mol. The van der Waals surface area contributed by atoms with Crippen LogP contribution in [0.2, 0.25) is 0 Å². The first kappa shape index (κ1) is 14.1. The average Bonchev–Trinajstić information content (AvgIpc) is 2.30. The topological polar surface area (TPSA) is 17.1 Å². The van der Waals surface area contributed by atoms with Crippen molar-refractivity contribution in [2.45, 2.75) is 73.1 Å². The minimum Gasteiger partial charge on any atom is -0.299 e. The Morgan fingerprint density at radius 2 is 1.94 bits per heavy atom. The van der Waals surface area contributed by atoms with E-state index in [1.807, 2.05) is 6.92 Å². The Kier molecular flexibility index (Phi) is 3.64. The highest BCUT2D eigenvalue weighted by Gasteiger charge is 2.51. The third kappa shape index (κ3) is 2.14. The lowest BCUT2D eigenvalue weighted by Crippen LogP contribution is -2.48. The van der Waals surface area contributed by atoms with E-state index in [1.165, 1.54) is 25.7 Å². The molecule has 0 aromatic carbocycles. The van der Waals surface area contributed by atoms with E-state index in [2.05, 4.69) is 27.7 Å². The zero-order valence-corrected chi connectivity index (χ0v) is 12.9. The Hall–Kier alpha value is -0.330. The molecule has 2 fully saturated rings. The van der Waals surface area contributed by atoms with E-state index >= 15 is 0 Å². The van der Waals surface area contributed by atoms with E-state index in [0.29, 0.717) is 23.5 Å². The smallest absolute Gasteiger partial charge is 0.138 e. The summed E-state index contributed by atoms with van der Waals surface area (Å²) in [5, 5.41) is 0. The summed E-state index contributed by atoms with van der Waals surface area (Å²) >= 11 is 0. The summed E-state index contributed by atoms with van der Waals surface area (Å²) < 4.78 is 0. The lowest BCUT2D eigenvalue weighted by molar-refractivity contribution is -0.138. The molecule has 4 atom stereocenters. The molecular formula is C17H30O. The second kappa shape index (κ2) is 4.65. The van der Waals surface area contributed by atoms with Gasteiger partial charge in [-0.25, -0.2) is 0 Å². The normalized spacial score (nSPS) is 43.3. The van der Waals surface area contributed by atoms with Gasteiger partial charge in [0.25, 0.3) is 0 Å². The Morgan fingerprint density at radius 3 is 2.56 bits per heavy atom. The van der Waals surface area contributed by atoms with Gasteiger partial charge in [0.15, 0.2) is 0 Å². The van der Waals surface area contributed by atoms with E-state index in [1.54, 1.807) is 0 Å². The van der Waals surface area contributed by atoms with Crippen LogP contribution in [0.3, 0.4) is 0 Å². The van der Waals surface area contributed by atoms with Gasteiger partial charge in [-0.1, -0.05) is 47.5 Å². The number of rotatable bonds is 2. The highest BCUT2D eigenvalue weighted by atomic mass is 16.1. The second-order valence-corrected chi connectivity index (χ2v) is 7.78. The van der Waals surface area contributed by atoms with Crippen molar-refractivity contribution in [3.8, 4) is 0 Å². The Bertz CT molecular complexity index is 331. The predicted molar refractivity (Wildman–Crippen MR) is 76.4 cm³/mol. The second-order valence-electron chi connectivity index (χ2n) is 7.78. The van der Waals surface area contributed by atoms with E-state index in [4.69, 9.17) is 0 Å². The standard InChI is InChI=1S/C17H30O/c1-6-15(18)17(5)11-14-13(10-12(17)2)8-7-9-16(14,3)4/h12-14H,6-11H2,1-5H3.